The molecular formula is C43H26N2O2. The number of nitrogens with zero attached hydrogens (tertiary/aromatic N) is 2. The molecule has 0 fully saturated rings. The maximum absolute atomic E-state index is 6.56. The number of hydrogen-bond donors (Lipinski definition) is 0. The summed E-state index contributed by atoms with van der Waals surface area (Å²) in [6.07, 6.45) is 0. The van der Waals surface area contributed by atoms with E-state index in [0.717, 1.165) is 55.7 Å². The van der Waals surface area contributed by atoms with Crippen LogP contribution in [0.4, 0.5) is 17.1 Å². The lowest BCUT2D eigenvalue weighted by Gasteiger charge is -2.27. The Kier molecular flexibility index (Phi) is 5.54. The van der Waals surface area contributed by atoms with Gasteiger partial charge in [0.15, 0.2) is 5.58 Å². The van der Waals surface area contributed by atoms with E-state index in [0.29, 0.717) is 5.89 Å². The summed E-state index contributed by atoms with van der Waals surface area (Å²) >= 11 is 0. The molecule has 2 aromatic heterocycles. The molecule has 0 aliphatic carbocycles. The lowest BCUT2D eigenvalue weighted by atomic mass is 9.95. The molecule has 47 heavy (non-hydrogen) atoms. The minimum absolute atomic E-state index is 0.588. The summed E-state index contributed by atoms with van der Waals surface area (Å²) < 4.78 is 12.8. The van der Waals surface area contributed by atoms with E-state index in [1.807, 2.05) is 36.4 Å². The quantitative estimate of drug-likeness (QED) is 0.188. The van der Waals surface area contributed by atoms with Crippen LogP contribution < -0.4 is 4.90 Å². The summed E-state index contributed by atoms with van der Waals surface area (Å²) in [6.45, 7) is 0. The Hall–Kier alpha value is -6.39. The van der Waals surface area contributed by atoms with Crippen molar-refractivity contribution < 1.29 is 8.83 Å². The first kappa shape index (κ1) is 25.9. The molecule has 2 heterocycles. The van der Waals surface area contributed by atoms with Crippen LogP contribution in [0.25, 0.3) is 76.8 Å². The average molecular weight is 603 g/mol. The molecule has 0 unspecified atom stereocenters. The van der Waals surface area contributed by atoms with Gasteiger partial charge in [-0.2, -0.15) is 0 Å². The average Bonchev–Trinajstić information content (AvgIpc) is 3.73. The number of oxazole rings is 1. The molecule has 0 saturated carbocycles. The first-order valence-electron chi connectivity index (χ1n) is 15.8. The number of fused-ring (bicyclic) bond motifs is 9. The van der Waals surface area contributed by atoms with Gasteiger partial charge in [0.25, 0.3) is 0 Å². The predicted molar refractivity (Wildman–Crippen MR) is 194 cm³/mol. The highest BCUT2D eigenvalue weighted by molar-refractivity contribution is 6.21. The van der Waals surface area contributed by atoms with E-state index < -0.39 is 0 Å². The van der Waals surface area contributed by atoms with Crippen LogP contribution in [-0.2, 0) is 0 Å². The van der Waals surface area contributed by atoms with Crippen LogP contribution in [0.3, 0.4) is 0 Å². The standard InChI is InChI=1S/C43H26N2O2/c1-2-12-29(13-3-1)45(37-17-8-11-28-21-23-32-31-14-5-4-10-27(31)20-24-33(32)41(28)37)30-22-25-34-40(26-30)46-39-19-9-15-35(42(34)39)43-44-36-16-6-7-18-38(36)47-43/h1-26H. The Balaban J connectivity index is 1.21. The molecule has 0 aliphatic heterocycles. The van der Waals surface area contributed by atoms with E-state index in [1.54, 1.807) is 0 Å². The Morgan fingerprint density at radius 3 is 2.11 bits per heavy atom. The fourth-order valence-corrected chi connectivity index (χ4v) is 7.17. The Bertz CT molecular complexity index is 2780. The van der Waals surface area contributed by atoms with Crippen molar-refractivity contribution in [2.24, 2.45) is 0 Å². The molecule has 0 bridgehead atoms. The summed E-state index contributed by atoms with van der Waals surface area (Å²) in [5.74, 6) is 0.588. The minimum atomic E-state index is 0.588. The van der Waals surface area contributed by atoms with E-state index in [-0.39, 0.29) is 0 Å². The van der Waals surface area contributed by atoms with Crippen LogP contribution in [-0.4, -0.2) is 4.98 Å². The molecule has 10 aromatic rings. The summed E-state index contributed by atoms with van der Waals surface area (Å²) in [5, 5.41) is 9.39. The fraction of sp³-hybridized carbons (Fsp3) is 0. The van der Waals surface area contributed by atoms with Crippen molar-refractivity contribution in [3.05, 3.63) is 158 Å². The maximum atomic E-state index is 6.56. The predicted octanol–water partition coefficient (Wildman–Crippen LogP) is 12.3. The molecule has 0 aliphatic rings. The van der Waals surface area contributed by atoms with Crippen molar-refractivity contribution in [2.75, 3.05) is 4.90 Å². The number of rotatable bonds is 4. The van der Waals surface area contributed by atoms with Crippen LogP contribution in [0, 0.1) is 0 Å². The summed E-state index contributed by atoms with van der Waals surface area (Å²) in [6, 6.07) is 55.1. The van der Waals surface area contributed by atoms with Crippen LogP contribution in [0.1, 0.15) is 0 Å². The van der Waals surface area contributed by atoms with Crippen LogP contribution in [0.5, 0.6) is 0 Å². The second kappa shape index (κ2) is 10.1. The number of para-hydroxylation sites is 3. The molecule has 0 saturated heterocycles. The van der Waals surface area contributed by atoms with E-state index in [1.165, 1.54) is 32.3 Å². The van der Waals surface area contributed by atoms with Crippen molar-refractivity contribution in [1.82, 2.24) is 4.98 Å². The molecule has 4 nitrogen and oxygen atoms in total. The third-order valence-corrected chi connectivity index (χ3v) is 9.26. The number of benzene rings is 8. The van der Waals surface area contributed by atoms with Gasteiger partial charge >= 0.3 is 0 Å². The van der Waals surface area contributed by atoms with E-state index in [2.05, 4.69) is 126 Å². The van der Waals surface area contributed by atoms with Gasteiger partial charge in [0, 0.05) is 39.2 Å². The number of furan rings is 1. The van der Waals surface area contributed by atoms with Gasteiger partial charge in [0.1, 0.15) is 16.7 Å². The highest BCUT2D eigenvalue weighted by atomic mass is 16.3. The zero-order valence-corrected chi connectivity index (χ0v) is 25.2. The van der Waals surface area contributed by atoms with Crippen molar-refractivity contribution >= 4 is 82.4 Å². The highest BCUT2D eigenvalue weighted by Gasteiger charge is 2.21. The maximum Gasteiger partial charge on any atom is 0.228 e. The molecule has 220 valence electrons. The minimum Gasteiger partial charge on any atom is -0.456 e. The van der Waals surface area contributed by atoms with Gasteiger partial charge < -0.3 is 13.7 Å². The van der Waals surface area contributed by atoms with Crippen molar-refractivity contribution in [2.45, 2.75) is 0 Å². The molecule has 0 radical (unpaired) electrons. The number of aromatic nitrogens is 1. The molecule has 4 heteroatoms. The zero-order chi connectivity index (χ0) is 30.9. The Labute approximate surface area is 269 Å². The van der Waals surface area contributed by atoms with E-state index >= 15 is 0 Å². The van der Waals surface area contributed by atoms with Crippen LogP contribution >= 0.6 is 0 Å². The zero-order valence-electron chi connectivity index (χ0n) is 25.2. The Morgan fingerprint density at radius 1 is 0.426 bits per heavy atom. The van der Waals surface area contributed by atoms with Crippen molar-refractivity contribution in [3.63, 3.8) is 0 Å². The smallest absolute Gasteiger partial charge is 0.228 e. The fourth-order valence-electron chi connectivity index (χ4n) is 7.17. The SMILES string of the molecule is c1ccc(N(c2ccc3c(c2)oc2cccc(-c4nc5ccccc5o4)c23)c2cccc3ccc4c5ccccc5ccc4c23)cc1. The Morgan fingerprint density at radius 2 is 1.17 bits per heavy atom. The lowest BCUT2D eigenvalue weighted by molar-refractivity contribution is 0.620. The monoisotopic (exact) mass is 602 g/mol. The topological polar surface area (TPSA) is 42.4 Å². The van der Waals surface area contributed by atoms with Crippen LogP contribution in [0.2, 0.25) is 0 Å². The molecule has 8 aromatic carbocycles. The van der Waals surface area contributed by atoms with Gasteiger partial charge in [-0.3, -0.25) is 0 Å². The molecule has 0 spiro atoms. The first-order chi connectivity index (χ1) is 23.3. The van der Waals surface area contributed by atoms with Gasteiger partial charge in [0.2, 0.25) is 5.89 Å². The van der Waals surface area contributed by atoms with Crippen molar-refractivity contribution in [3.8, 4) is 11.5 Å². The molecule has 10 rings (SSSR count). The summed E-state index contributed by atoms with van der Waals surface area (Å²) in [5.41, 5.74) is 7.31. The second-order valence-corrected chi connectivity index (χ2v) is 11.9. The number of anilines is 3. The highest BCUT2D eigenvalue weighted by Crippen LogP contribution is 2.45. The van der Waals surface area contributed by atoms with E-state index in [9.17, 15) is 0 Å². The third-order valence-electron chi connectivity index (χ3n) is 9.26. The largest absolute Gasteiger partial charge is 0.456 e. The first-order valence-corrected chi connectivity index (χ1v) is 15.8. The number of hydrogen-bond acceptors (Lipinski definition) is 4. The summed E-state index contributed by atoms with van der Waals surface area (Å²) in [7, 11) is 0. The molecule has 0 amide bonds. The van der Waals surface area contributed by atoms with Gasteiger partial charge in [-0.1, -0.05) is 97.1 Å². The normalized spacial score (nSPS) is 11.8. The third kappa shape index (κ3) is 3.98. The van der Waals surface area contributed by atoms with Crippen molar-refractivity contribution in [1.29, 1.82) is 0 Å². The van der Waals surface area contributed by atoms with Gasteiger partial charge in [-0.05, 0) is 81.5 Å². The molecule has 0 N–H and O–H groups in total. The molecule has 0 atom stereocenters. The van der Waals surface area contributed by atoms with Gasteiger partial charge in [-0.15, -0.1) is 0 Å². The van der Waals surface area contributed by atoms with E-state index in [4.69, 9.17) is 13.8 Å². The summed E-state index contributed by atoms with van der Waals surface area (Å²) in [4.78, 5) is 7.14. The van der Waals surface area contributed by atoms with Crippen LogP contribution in [0.15, 0.2) is 167 Å². The van der Waals surface area contributed by atoms with Gasteiger partial charge in [0.05, 0.1) is 5.69 Å². The lowest BCUT2D eigenvalue weighted by Crippen LogP contribution is -2.10. The van der Waals surface area contributed by atoms with Gasteiger partial charge in [-0.25, -0.2) is 4.98 Å². The second-order valence-electron chi connectivity index (χ2n) is 11.9. The molecular weight excluding hydrogens is 576 g/mol.